The fourth-order valence-corrected chi connectivity index (χ4v) is 5.62. The zero-order chi connectivity index (χ0) is 24.3. The first-order valence-corrected chi connectivity index (χ1v) is 13.2. The molecule has 0 aromatic heterocycles. The highest BCUT2D eigenvalue weighted by Crippen LogP contribution is 2.29. The van der Waals surface area contributed by atoms with Gasteiger partial charge in [0.15, 0.2) is 0 Å². The van der Waals surface area contributed by atoms with Gasteiger partial charge in [0, 0.05) is 11.1 Å². The van der Waals surface area contributed by atoms with Crippen LogP contribution in [0.1, 0.15) is 20.8 Å². The quantitative estimate of drug-likeness (QED) is 0.542. The first kappa shape index (κ1) is 25.9. The number of nitrogens with one attached hydrogen (secondary N) is 2. The number of ether oxygens (including phenoxy) is 1. The summed E-state index contributed by atoms with van der Waals surface area (Å²) in [6, 6.07) is 8.58. The number of anilines is 2. The third-order valence-corrected chi connectivity index (χ3v) is 7.41. The van der Waals surface area contributed by atoms with E-state index in [9.17, 15) is 21.6 Å². The highest BCUT2D eigenvalue weighted by atomic mass is 35.5. The molecule has 0 fully saturated rings. The largest absolute Gasteiger partial charge is 0.495 e. The number of methoxy groups -OCH3 is 1. The van der Waals surface area contributed by atoms with E-state index in [1.165, 1.54) is 44.4 Å². The van der Waals surface area contributed by atoms with Gasteiger partial charge in [-0.25, -0.2) is 21.6 Å². The maximum atomic E-state index is 13.0. The van der Waals surface area contributed by atoms with E-state index in [1.807, 2.05) is 0 Å². The molecular formula is C20H26ClN3O6S2. The predicted octanol–water partition coefficient (Wildman–Crippen LogP) is 2.83. The Morgan fingerprint density at radius 1 is 1.06 bits per heavy atom. The standard InChI is InChI=1S/C20H26ClN3O6S2/c1-13(2)23-32(28,29)17-9-10-19(30-4)18(12-17)22-20(25)14(3)24(31(5,26)27)16-8-6-7-15(21)11-16/h6-14,23H,1-5H3,(H,22,25)/t14-/m0/s1. The zero-order valence-corrected chi connectivity index (χ0v) is 20.7. The lowest BCUT2D eigenvalue weighted by atomic mass is 10.2. The Morgan fingerprint density at radius 3 is 2.25 bits per heavy atom. The Labute approximate surface area is 193 Å². The fraction of sp³-hybridized carbons (Fsp3) is 0.350. The second-order valence-corrected chi connectivity index (χ2v) is 11.4. The first-order chi connectivity index (χ1) is 14.8. The molecule has 32 heavy (non-hydrogen) atoms. The average molecular weight is 504 g/mol. The van der Waals surface area contributed by atoms with Crippen LogP contribution in [0.3, 0.4) is 0 Å². The minimum absolute atomic E-state index is 0.0789. The molecule has 2 N–H and O–H groups in total. The van der Waals surface area contributed by atoms with Crippen LogP contribution < -0.4 is 19.1 Å². The third kappa shape index (κ3) is 6.35. The van der Waals surface area contributed by atoms with Crippen molar-refractivity contribution in [2.75, 3.05) is 23.0 Å². The van der Waals surface area contributed by atoms with Crippen molar-refractivity contribution in [1.29, 1.82) is 0 Å². The molecule has 0 saturated carbocycles. The monoisotopic (exact) mass is 503 g/mol. The summed E-state index contributed by atoms with van der Waals surface area (Å²) in [6.45, 7) is 4.77. The molecule has 2 aromatic carbocycles. The molecule has 0 radical (unpaired) electrons. The molecule has 1 atom stereocenters. The van der Waals surface area contributed by atoms with Crippen molar-refractivity contribution < 1.29 is 26.4 Å². The van der Waals surface area contributed by atoms with Crippen molar-refractivity contribution in [2.45, 2.75) is 37.8 Å². The summed E-state index contributed by atoms with van der Waals surface area (Å²) in [7, 11) is -6.32. The second-order valence-electron chi connectivity index (χ2n) is 7.34. The van der Waals surface area contributed by atoms with Crippen LogP contribution in [0.2, 0.25) is 5.02 Å². The van der Waals surface area contributed by atoms with Crippen LogP contribution in [0, 0.1) is 0 Å². The van der Waals surface area contributed by atoms with Crippen LogP contribution in [0.4, 0.5) is 11.4 Å². The van der Waals surface area contributed by atoms with Gasteiger partial charge >= 0.3 is 0 Å². The summed E-state index contributed by atoms with van der Waals surface area (Å²) in [5.74, 6) is -0.484. The Morgan fingerprint density at radius 2 is 1.72 bits per heavy atom. The molecule has 0 aliphatic carbocycles. The number of sulfonamides is 2. The number of benzene rings is 2. The molecule has 12 heteroatoms. The van der Waals surface area contributed by atoms with Crippen LogP contribution in [-0.2, 0) is 24.8 Å². The Hall–Kier alpha value is -2.34. The van der Waals surface area contributed by atoms with E-state index in [2.05, 4.69) is 10.0 Å². The number of hydrogen-bond donors (Lipinski definition) is 2. The van der Waals surface area contributed by atoms with Crippen molar-refractivity contribution in [1.82, 2.24) is 4.72 Å². The molecule has 2 rings (SSSR count). The smallest absolute Gasteiger partial charge is 0.248 e. The minimum Gasteiger partial charge on any atom is -0.495 e. The van der Waals surface area contributed by atoms with Gasteiger partial charge in [-0.3, -0.25) is 9.10 Å². The third-order valence-electron chi connectivity index (χ3n) is 4.28. The number of carbonyl (C=O) groups excluding carboxylic acids is 1. The van der Waals surface area contributed by atoms with Gasteiger partial charge < -0.3 is 10.1 Å². The molecule has 176 valence electrons. The van der Waals surface area contributed by atoms with Crippen LogP contribution >= 0.6 is 11.6 Å². The molecule has 0 aliphatic rings. The summed E-state index contributed by atoms with van der Waals surface area (Å²) in [5, 5.41) is 2.88. The summed E-state index contributed by atoms with van der Waals surface area (Å²) in [5.41, 5.74) is 0.294. The average Bonchev–Trinajstić information content (AvgIpc) is 2.66. The molecule has 1 amide bonds. The Kier molecular flexibility index (Phi) is 8.16. The maximum Gasteiger partial charge on any atom is 0.248 e. The van der Waals surface area contributed by atoms with Crippen LogP contribution in [-0.4, -0.2) is 48.2 Å². The Balaban J connectivity index is 2.42. The Bertz CT molecular complexity index is 1200. The van der Waals surface area contributed by atoms with Gasteiger partial charge in [0.1, 0.15) is 11.8 Å². The van der Waals surface area contributed by atoms with Gasteiger partial charge in [-0.05, 0) is 57.2 Å². The molecule has 0 saturated heterocycles. The number of amides is 1. The molecule has 0 spiro atoms. The molecule has 0 bridgehead atoms. The predicted molar refractivity (Wildman–Crippen MR) is 125 cm³/mol. The van der Waals surface area contributed by atoms with Crippen molar-refractivity contribution in [3.8, 4) is 5.75 Å². The second kappa shape index (κ2) is 10.1. The van der Waals surface area contributed by atoms with Gasteiger partial charge in [-0.15, -0.1) is 0 Å². The number of hydrogen-bond acceptors (Lipinski definition) is 6. The molecule has 0 aliphatic heterocycles. The lowest BCUT2D eigenvalue weighted by molar-refractivity contribution is -0.116. The molecule has 9 nitrogen and oxygen atoms in total. The van der Waals surface area contributed by atoms with Crippen molar-refractivity contribution in [3.63, 3.8) is 0 Å². The van der Waals surface area contributed by atoms with E-state index in [0.717, 1.165) is 10.6 Å². The van der Waals surface area contributed by atoms with Crippen molar-refractivity contribution in [3.05, 3.63) is 47.5 Å². The number of nitrogens with zero attached hydrogens (tertiary/aromatic N) is 1. The van der Waals surface area contributed by atoms with E-state index >= 15 is 0 Å². The number of halogens is 1. The normalized spacial score (nSPS) is 13.0. The molecular weight excluding hydrogens is 478 g/mol. The number of rotatable bonds is 9. The van der Waals surface area contributed by atoms with E-state index < -0.39 is 32.0 Å². The maximum absolute atomic E-state index is 13.0. The van der Waals surface area contributed by atoms with Crippen molar-refractivity contribution in [2.24, 2.45) is 0 Å². The highest BCUT2D eigenvalue weighted by Gasteiger charge is 2.30. The van der Waals surface area contributed by atoms with Gasteiger partial charge in [-0.1, -0.05) is 17.7 Å². The fourth-order valence-electron chi connectivity index (χ4n) is 2.99. The summed E-state index contributed by atoms with van der Waals surface area (Å²) in [6.07, 6.45) is 0.975. The zero-order valence-electron chi connectivity index (χ0n) is 18.3. The van der Waals surface area contributed by atoms with Gasteiger partial charge in [0.2, 0.25) is 26.0 Å². The van der Waals surface area contributed by atoms with Crippen LogP contribution in [0.25, 0.3) is 0 Å². The molecule has 0 unspecified atom stereocenters. The SMILES string of the molecule is COc1ccc(S(=O)(=O)NC(C)C)cc1NC(=O)[C@H](C)N(c1cccc(Cl)c1)S(C)(=O)=O. The van der Waals surface area contributed by atoms with E-state index in [1.54, 1.807) is 26.0 Å². The highest BCUT2D eigenvalue weighted by molar-refractivity contribution is 7.92. The van der Waals surface area contributed by atoms with Crippen LogP contribution in [0.5, 0.6) is 5.75 Å². The van der Waals surface area contributed by atoms with E-state index in [-0.39, 0.29) is 28.1 Å². The van der Waals surface area contributed by atoms with Gasteiger partial charge in [0.05, 0.1) is 29.6 Å². The number of carbonyl (C=O) groups is 1. The summed E-state index contributed by atoms with van der Waals surface area (Å²) < 4.78 is 58.5. The summed E-state index contributed by atoms with van der Waals surface area (Å²) >= 11 is 5.99. The van der Waals surface area contributed by atoms with E-state index in [0.29, 0.717) is 5.02 Å². The van der Waals surface area contributed by atoms with Gasteiger partial charge in [-0.2, -0.15) is 0 Å². The van der Waals surface area contributed by atoms with Crippen molar-refractivity contribution >= 4 is 48.9 Å². The molecule has 0 heterocycles. The van der Waals surface area contributed by atoms with Crippen LogP contribution in [0.15, 0.2) is 47.4 Å². The lowest BCUT2D eigenvalue weighted by Crippen LogP contribution is -2.45. The summed E-state index contributed by atoms with van der Waals surface area (Å²) in [4.78, 5) is 12.9. The minimum atomic E-state index is -3.86. The first-order valence-electron chi connectivity index (χ1n) is 9.52. The molecule has 2 aromatic rings. The van der Waals surface area contributed by atoms with Gasteiger partial charge in [0.25, 0.3) is 0 Å². The lowest BCUT2D eigenvalue weighted by Gasteiger charge is -2.28. The topological polar surface area (TPSA) is 122 Å². The van der Waals surface area contributed by atoms with E-state index in [4.69, 9.17) is 16.3 Å².